The molecule has 0 radical (unpaired) electrons. The van der Waals surface area contributed by atoms with E-state index in [0.29, 0.717) is 29.7 Å². The minimum Gasteiger partial charge on any atom is -0.497 e. The lowest BCUT2D eigenvalue weighted by Crippen LogP contribution is -2.16. The lowest BCUT2D eigenvalue weighted by atomic mass is 10.2. The molecule has 6 heteroatoms. The van der Waals surface area contributed by atoms with Crippen LogP contribution in [0, 0.1) is 0 Å². The average Bonchev–Trinajstić information content (AvgIpc) is 2.96. The molecule has 0 atom stereocenters. The molecule has 0 aliphatic rings. The highest BCUT2D eigenvalue weighted by molar-refractivity contribution is 5.59. The Morgan fingerprint density at radius 2 is 1.80 bits per heavy atom. The fourth-order valence-electron chi connectivity index (χ4n) is 1.77. The van der Waals surface area contributed by atoms with E-state index in [4.69, 9.17) is 13.9 Å². The Labute approximate surface area is 118 Å². The van der Waals surface area contributed by atoms with Crippen molar-refractivity contribution in [2.24, 2.45) is 0 Å². The molecule has 108 valence electrons. The summed E-state index contributed by atoms with van der Waals surface area (Å²) >= 11 is 0. The third kappa shape index (κ3) is 3.48. The molecular formula is C14H19N3O3. The molecule has 0 bridgehead atoms. The van der Waals surface area contributed by atoms with Crippen molar-refractivity contribution in [2.45, 2.75) is 13.3 Å². The molecule has 0 unspecified atom stereocenters. The second-order valence-electron chi connectivity index (χ2n) is 4.21. The fraction of sp³-hybridized carbons (Fsp3) is 0.429. The lowest BCUT2D eigenvalue weighted by molar-refractivity contribution is 0.394. The fourth-order valence-corrected chi connectivity index (χ4v) is 1.77. The molecule has 1 aromatic heterocycles. The van der Waals surface area contributed by atoms with Crippen LogP contribution in [0.1, 0.15) is 12.8 Å². The van der Waals surface area contributed by atoms with E-state index in [2.05, 4.69) is 22.4 Å². The van der Waals surface area contributed by atoms with Crippen LogP contribution < -0.4 is 14.8 Å². The van der Waals surface area contributed by atoms with Gasteiger partial charge in [-0.15, -0.1) is 10.2 Å². The van der Waals surface area contributed by atoms with E-state index in [-0.39, 0.29) is 0 Å². The van der Waals surface area contributed by atoms with Crippen molar-refractivity contribution in [3.63, 3.8) is 0 Å². The highest BCUT2D eigenvalue weighted by Gasteiger charge is 2.11. The number of rotatable bonds is 7. The van der Waals surface area contributed by atoms with Crippen LogP contribution in [0.2, 0.25) is 0 Å². The molecule has 6 nitrogen and oxygen atoms in total. The minimum absolute atomic E-state index is 0.466. The summed E-state index contributed by atoms with van der Waals surface area (Å²) in [6, 6.07) is 5.47. The molecule has 0 saturated carbocycles. The first-order valence-corrected chi connectivity index (χ1v) is 6.53. The number of nitrogens with one attached hydrogen (secondary N) is 1. The van der Waals surface area contributed by atoms with Crippen molar-refractivity contribution < 1.29 is 13.9 Å². The van der Waals surface area contributed by atoms with Crippen molar-refractivity contribution in [1.29, 1.82) is 0 Å². The van der Waals surface area contributed by atoms with E-state index in [9.17, 15) is 0 Å². The monoisotopic (exact) mass is 277 g/mol. The Bertz CT molecular complexity index is 532. The first-order chi connectivity index (χ1) is 9.76. The summed E-state index contributed by atoms with van der Waals surface area (Å²) < 4.78 is 16.1. The van der Waals surface area contributed by atoms with E-state index in [1.807, 2.05) is 12.1 Å². The number of hydrogen-bond acceptors (Lipinski definition) is 6. The smallest absolute Gasteiger partial charge is 0.248 e. The Balaban J connectivity index is 2.18. The van der Waals surface area contributed by atoms with Gasteiger partial charge in [0.05, 0.1) is 14.2 Å². The Kier molecular flexibility index (Phi) is 4.95. The molecule has 0 aliphatic carbocycles. The Hall–Kier alpha value is -2.08. The molecular weight excluding hydrogens is 258 g/mol. The average molecular weight is 277 g/mol. The second kappa shape index (κ2) is 6.91. The van der Waals surface area contributed by atoms with Crippen molar-refractivity contribution >= 4 is 0 Å². The van der Waals surface area contributed by atoms with Gasteiger partial charge in [-0.05, 0) is 18.7 Å². The molecule has 0 spiro atoms. The number of ether oxygens (including phenoxy) is 2. The number of likely N-dealkylation sites (N-methyl/N-ethyl adjacent to an activating group) is 1. The summed E-state index contributed by atoms with van der Waals surface area (Å²) in [7, 11) is 3.21. The predicted octanol–water partition coefficient (Wildman–Crippen LogP) is 1.91. The van der Waals surface area contributed by atoms with Crippen LogP contribution in [-0.2, 0) is 6.42 Å². The van der Waals surface area contributed by atoms with E-state index >= 15 is 0 Å². The first kappa shape index (κ1) is 14.3. The van der Waals surface area contributed by atoms with Crippen LogP contribution in [0.25, 0.3) is 11.5 Å². The van der Waals surface area contributed by atoms with E-state index < -0.39 is 0 Å². The largest absolute Gasteiger partial charge is 0.497 e. The maximum Gasteiger partial charge on any atom is 0.248 e. The van der Waals surface area contributed by atoms with Crippen LogP contribution in [0.5, 0.6) is 11.5 Å². The summed E-state index contributed by atoms with van der Waals surface area (Å²) in [5, 5.41) is 11.3. The summed E-state index contributed by atoms with van der Waals surface area (Å²) in [5.41, 5.74) is 0.781. The third-order valence-corrected chi connectivity index (χ3v) is 2.83. The normalized spacial score (nSPS) is 10.6. The van der Waals surface area contributed by atoms with Gasteiger partial charge in [-0.25, -0.2) is 0 Å². The van der Waals surface area contributed by atoms with Crippen LogP contribution in [-0.4, -0.2) is 37.5 Å². The number of aromatic nitrogens is 2. The standard InChI is InChI=1S/C14H19N3O3/c1-4-15-6-5-13-16-17-14(20-13)10-7-11(18-2)9-12(8-10)19-3/h7-9,15H,4-6H2,1-3H3. The molecule has 0 fully saturated rings. The van der Waals surface area contributed by atoms with Gasteiger partial charge in [0.15, 0.2) is 0 Å². The maximum atomic E-state index is 5.64. The van der Waals surface area contributed by atoms with Gasteiger partial charge in [0, 0.05) is 24.6 Å². The molecule has 20 heavy (non-hydrogen) atoms. The summed E-state index contributed by atoms with van der Waals surface area (Å²) in [6.45, 7) is 3.80. The van der Waals surface area contributed by atoms with E-state index in [1.54, 1.807) is 20.3 Å². The zero-order valence-corrected chi connectivity index (χ0v) is 12.0. The molecule has 1 heterocycles. The molecule has 1 aromatic carbocycles. The number of hydrogen-bond donors (Lipinski definition) is 1. The van der Waals surface area contributed by atoms with Gasteiger partial charge in [0.2, 0.25) is 11.8 Å². The van der Waals surface area contributed by atoms with Crippen molar-refractivity contribution in [1.82, 2.24) is 15.5 Å². The Morgan fingerprint density at radius 3 is 2.40 bits per heavy atom. The zero-order chi connectivity index (χ0) is 14.4. The van der Waals surface area contributed by atoms with E-state index in [0.717, 1.165) is 18.7 Å². The van der Waals surface area contributed by atoms with E-state index in [1.165, 1.54) is 0 Å². The Morgan fingerprint density at radius 1 is 1.10 bits per heavy atom. The summed E-state index contributed by atoms with van der Waals surface area (Å²) in [6.07, 6.45) is 0.710. The van der Waals surface area contributed by atoms with Gasteiger partial charge >= 0.3 is 0 Å². The van der Waals surface area contributed by atoms with Crippen molar-refractivity contribution in [2.75, 3.05) is 27.3 Å². The van der Waals surface area contributed by atoms with Gasteiger partial charge in [0.1, 0.15) is 11.5 Å². The number of benzene rings is 1. The molecule has 0 aliphatic heterocycles. The van der Waals surface area contributed by atoms with Crippen molar-refractivity contribution in [3.8, 4) is 23.0 Å². The molecule has 0 saturated heterocycles. The van der Waals surface area contributed by atoms with Crippen LogP contribution in [0.4, 0.5) is 0 Å². The second-order valence-corrected chi connectivity index (χ2v) is 4.21. The van der Waals surface area contributed by atoms with Gasteiger partial charge in [-0.3, -0.25) is 0 Å². The zero-order valence-electron chi connectivity index (χ0n) is 12.0. The molecule has 1 N–H and O–H groups in total. The summed E-state index contributed by atoms with van der Waals surface area (Å²) in [4.78, 5) is 0. The molecule has 2 rings (SSSR count). The molecule has 2 aromatic rings. The van der Waals surface area contributed by atoms with Crippen LogP contribution >= 0.6 is 0 Å². The topological polar surface area (TPSA) is 69.4 Å². The number of methoxy groups -OCH3 is 2. The minimum atomic E-state index is 0.466. The quantitative estimate of drug-likeness (QED) is 0.780. The number of nitrogens with zero attached hydrogens (tertiary/aromatic N) is 2. The SMILES string of the molecule is CCNCCc1nnc(-c2cc(OC)cc(OC)c2)o1. The third-order valence-electron chi connectivity index (χ3n) is 2.83. The first-order valence-electron chi connectivity index (χ1n) is 6.53. The van der Waals surface area contributed by atoms with Gasteiger partial charge < -0.3 is 19.2 Å². The lowest BCUT2D eigenvalue weighted by Gasteiger charge is -2.05. The van der Waals surface area contributed by atoms with Gasteiger partial charge in [-0.1, -0.05) is 6.92 Å². The maximum absolute atomic E-state index is 5.64. The van der Waals surface area contributed by atoms with Gasteiger partial charge in [-0.2, -0.15) is 0 Å². The predicted molar refractivity (Wildman–Crippen MR) is 75.1 cm³/mol. The highest BCUT2D eigenvalue weighted by atomic mass is 16.5. The molecule has 0 amide bonds. The van der Waals surface area contributed by atoms with Crippen molar-refractivity contribution in [3.05, 3.63) is 24.1 Å². The van der Waals surface area contributed by atoms with Crippen LogP contribution in [0.3, 0.4) is 0 Å². The van der Waals surface area contributed by atoms with Gasteiger partial charge in [0.25, 0.3) is 0 Å². The van der Waals surface area contributed by atoms with Crippen LogP contribution in [0.15, 0.2) is 22.6 Å². The highest BCUT2D eigenvalue weighted by Crippen LogP contribution is 2.28. The summed E-state index contributed by atoms with van der Waals surface area (Å²) in [5.74, 6) is 2.45.